The molecule has 0 unspecified atom stereocenters. The molecule has 0 aliphatic carbocycles. The van der Waals surface area contributed by atoms with Gasteiger partial charge in [0.25, 0.3) is 0 Å². The normalized spacial score (nSPS) is 9.75. The lowest BCUT2D eigenvalue weighted by atomic mass is 10.7. The Morgan fingerprint density at radius 2 is 2.50 bits per heavy atom. The second-order valence-corrected chi connectivity index (χ2v) is 2.34. The van der Waals surface area contributed by atoms with E-state index in [1.807, 2.05) is 6.92 Å². The number of hydrogen-bond donors (Lipinski definition) is 1. The largest absolute Gasteiger partial charge is 0.388 e. The van der Waals surface area contributed by atoms with Crippen LogP contribution >= 0.6 is 11.5 Å². The number of aliphatic hydroxyl groups excluding tert-OH is 1. The summed E-state index contributed by atoms with van der Waals surface area (Å²) in [5.41, 5.74) is 0. The zero-order chi connectivity index (χ0) is 5.98. The zero-order valence-corrected chi connectivity index (χ0v) is 5.27. The lowest BCUT2D eigenvalue weighted by Gasteiger charge is -1.77. The van der Waals surface area contributed by atoms with E-state index in [2.05, 4.69) is 9.36 Å². The molecule has 0 saturated carbocycles. The molecule has 0 aliphatic heterocycles. The summed E-state index contributed by atoms with van der Waals surface area (Å²) in [5.74, 6) is 0.521. The molecule has 0 bridgehead atoms. The van der Waals surface area contributed by atoms with Crippen LogP contribution in [0, 0.1) is 6.92 Å². The van der Waals surface area contributed by atoms with Crippen LogP contribution in [-0.2, 0) is 6.61 Å². The maximum Gasteiger partial charge on any atom is 0.167 e. The fraction of sp³-hybridized carbons (Fsp3) is 0.500. The lowest BCUT2D eigenvalue weighted by Crippen LogP contribution is -1.83. The molecule has 1 aromatic heterocycles. The van der Waals surface area contributed by atoms with Crippen molar-refractivity contribution >= 4 is 11.5 Å². The Bertz CT molecular complexity index is 174. The molecule has 0 radical (unpaired) electrons. The van der Waals surface area contributed by atoms with E-state index in [9.17, 15) is 0 Å². The molecule has 1 rings (SSSR count). The van der Waals surface area contributed by atoms with Crippen LogP contribution in [0.1, 0.15) is 10.8 Å². The van der Waals surface area contributed by atoms with Gasteiger partial charge in [-0.25, -0.2) is 4.98 Å². The molecular formula is C4H6N2OS. The minimum atomic E-state index is -0.0513. The van der Waals surface area contributed by atoms with Gasteiger partial charge in [-0.1, -0.05) is 0 Å². The van der Waals surface area contributed by atoms with Crippen LogP contribution in [0.2, 0.25) is 0 Å². The van der Waals surface area contributed by atoms with Crippen molar-refractivity contribution in [2.75, 3.05) is 0 Å². The van der Waals surface area contributed by atoms with Gasteiger partial charge in [0, 0.05) is 0 Å². The average molecular weight is 130 g/mol. The summed E-state index contributed by atoms with van der Waals surface area (Å²) in [6.45, 7) is 1.81. The number of aliphatic hydroxyl groups is 1. The third-order valence-electron chi connectivity index (χ3n) is 0.711. The number of nitrogens with zero attached hydrogens (tertiary/aromatic N) is 2. The Morgan fingerprint density at radius 1 is 1.75 bits per heavy atom. The Hall–Kier alpha value is -0.480. The van der Waals surface area contributed by atoms with Crippen LogP contribution in [-0.4, -0.2) is 14.5 Å². The molecular weight excluding hydrogens is 124 g/mol. The topological polar surface area (TPSA) is 46.0 Å². The average Bonchev–Trinajstić information content (AvgIpc) is 2.14. The van der Waals surface area contributed by atoms with Crippen molar-refractivity contribution in [3.8, 4) is 0 Å². The van der Waals surface area contributed by atoms with Gasteiger partial charge < -0.3 is 5.11 Å². The quantitative estimate of drug-likeness (QED) is 0.596. The Morgan fingerprint density at radius 3 is 2.75 bits per heavy atom. The van der Waals surface area contributed by atoms with Crippen molar-refractivity contribution in [1.29, 1.82) is 0 Å². The minimum absolute atomic E-state index is 0.0513. The van der Waals surface area contributed by atoms with E-state index in [1.54, 1.807) is 0 Å². The van der Waals surface area contributed by atoms with E-state index in [1.165, 1.54) is 11.5 Å². The van der Waals surface area contributed by atoms with E-state index in [4.69, 9.17) is 5.11 Å². The predicted molar refractivity (Wildman–Crippen MR) is 30.6 cm³/mol. The third kappa shape index (κ3) is 1.02. The maximum absolute atomic E-state index is 8.43. The summed E-state index contributed by atoms with van der Waals surface area (Å²) in [4.78, 5) is 3.89. The fourth-order valence-electron chi connectivity index (χ4n) is 0.406. The molecule has 0 aromatic carbocycles. The van der Waals surface area contributed by atoms with Crippen molar-refractivity contribution in [2.45, 2.75) is 13.5 Å². The van der Waals surface area contributed by atoms with Gasteiger partial charge in [0.05, 0.1) is 0 Å². The molecule has 1 aromatic rings. The van der Waals surface area contributed by atoms with Crippen molar-refractivity contribution in [3.05, 3.63) is 10.8 Å². The second kappa shape index (κ2) is 2.19. The summed E-state index contributed by atoms with van der Waals surface area (Å²) in [6.07, 6.45) is 0. The molecule has 1 N–H and O–H groups in total. The summed E-state index contributed by atoms with van der Waals surface area (Å²) in [5, 5.41) is 9.33. The first-order valence-electron chi connectivity index (χ1n) is 2.23. The Labute approximate surface area is 51.2 Å². The minimum Gasteiger partial charge on any atom is -0.388 e. The van der Waals surface area contributed by atoms with Gasteiger partial charge in [-0.05, 0) is 18.5 Å². The van der Waals surface area contributed by atoms with Gasteiger partial charge in [-0.2, -0.15) is 4.37 Å². The molecule has 0 spiro atoms. The molecule has 0 saturated heterocycles. The maximum atomic E-state index is 8.43. The van der Waals surface area contributed by atoms with Crippen LogP contribution < -0.4 is 0 Å². The van der Waals surface area contributed by atoms with Crippen molar-refractivity contribution in [2.24, 2.45) is 0 Å². The highest BCUT2D eigenvalue weighted by Crippen LogP contribution is 2.00. The first kappa shape index (κ1) is 5.65. The fourth-order valence-corrected chi connectivity index (χ4v) is 0.888. The highest BCUT2D eigenvalue weighted by molar-refractivity contribution is 7.05. The van der Waals surface area contributed by atoms with Gasteiger partial charge in [-0.3, -0.25) is 0 Å². The van der Waals surface area contributed by atoms with E-state index >= 15 is 0 Å². The van der Waals surface area contributed by atoms with Crippen LogP contribution in [0.4, 0.5) is 0 Å². The lowest BCUT2D eigenvalue weighted by molar-refractivity contribution is 0.273. The van der Waals surface area contributed by atoms with Gasteiger partial charge in [0.15, 0.2) is 5.82 Å². The van der Waals surface area contributed by atoms with Crippen molar-refractivity contribution < 1.29 is 5.11 Å². The first-order chi connectivity index (χ1) is 3.83. The van der Waals surface area contributed by atoms with E-state index in [-0.39, 0.29) is 6.61 Å². The Balaban J connectivity index is 2.84. The standard InChI is InChI=1S/C4H6N2OS/c1-3-5-4(2-7)6-8-3/h7H,2H2,1H3. The molecule has 3 nitrogen and oxygen atoms in total. The molecule has 0 atom stereocenters. The summed E-state index contributed by atoms with van der Waals surface area (Å²) in [7, 11) is 0. The highest BCUT2D eigenvalue weighted by Gasteiger charge is 1.94. The first-order valence-corrected chi connectivity index (χ1v) is 3.00. The zero-order valence-electron chi connectivity index (χ0n) is 4.46. The molecule has 0 fully saturated rings. The predicted octanol–water partition coefficient (Wildman–Crippen LogP) is 0.339. The second-order valence-electron chi connectivity index (χ2n) is 1.39. The molecule has 8 heavy (non-hydrogen) atoms. The van der Waals surface area contributed by atoms with E-state index < -0.39 is 0 Å². The van der Waals surface area contributed by atoms with Crippen LogP contribution in [0.3, 0.4) is 0 Å². The molecule has 4 heteroatoms. The van der Waals surface area contributed by atoms with Gasteiger partial charge in [0.2, 0.25) is 0 Å². The van der Waals surface area contributed by atoms with Crippen LogP contribution in [0.25, 0.3) is 0 Å². The molecule has 0 aliphatic rings. The Kier molecular flexibility index (Phi) is 1.55. The van der Waals surface area contributed by atoms with E-state index in [0.29, 0.717) is 5.82 Å². The van der Waals surface area contributed by atoms with Gasteiger partial charge in [0.1, 0.15) is 11.6 Å². The highest BCUT2D eigenvalue weighted by atomic mass is 32.1. The van der Waals surface area contributed by atoms with Crippen LogP contribution in [0.5, 0.6) is 0 Å². The van der Waals surface area contributed by atoms with E-state index in [0.717, 1.165) is 5.01 Å². The molecule has 44 valence electrons. The summed E-state index contributed by atoms with van der Waals surface area (Å²) >= 11 is 1.31. The number of aryl methyl sites for hydroxylation is 1. The number of aromatic nitrogens is 2. The van der Waals surface area contributed by atoms with Crippen LogP contribution in [0.15, 0.2) is 0 Å². The number of rotatable bonds is 1. The SMILES string of the molecule is Cc1nc(CO)ns1. The monoisotopic (exact) mass is 130 g/mol. The smallest absolute Gasteiger partial charge is 0.167 e. The summed E-state index contributed by atoms with van der Waals surface area (Å²) < 4.78 is 3.81. The van der Waals surface area contributed by atoms with Crippen molar-refractivity contribution in [1.82, 2.24) is 9.36 Å². The summed E-state index contributed by atoms with van der Waals surface area (Å²) in [6, 6.07) is 0. The molecule has 1 heterocycles. The molecule has 0 amide bonds. The number of hydrogen-bond acceptors (Lipinski definition) is 4. The van der Waals surface area contributed by atoms with Gasteiger partial charge in [-0.15, -0.1) is 0 Å². The third-order valence-corrected chi connectivity index (χ3v) is 1.37. The van der Waals surface area contributed by atoms with Gasteiger partial charge >= 0.3 is 0 Å². The van der Waals surface area contributed by atoms with Crippen molar-refractivity contribution in [3.63, 3.8) is 0 Å².